The van der Waals surface area contributed by atoms with Crippen molar-refractivity contribution < 1.29 is 14.3 Å². The molecule has 1 aromatic rings. The second kappa shape index (κ2) is 7.10. The average Bonchev–Trinajstić information content (AvgIpc) is 2.35. The Morgan fingerprint density at radius 2 is 2.00 bits per heavy atom. The minimum atomic E-state index is -0.354. The van der Waals surface area contributed by atoms with Gasteiger partial charge in [-0.3, -0.25) is 4.79 Å². The Labute approximate surface area is 105 Å². The first kappa shape index (κ1) is 13.8. The number of amides is 3. The first-order valence-electron chi connectivity index (χ1n) is 5.41. The number of methoxy groups -OCH3 is 1. The van der Waals surface area contributed by atoms with Crippen LogP contribution in [0.25, 0.3) is 0 Å². The van der Waals surface area contributed by atoms with Gasteiger partial charge in [0.25, 0.3) is 0 Å². The quantitative estimate of drug-likeness (QED) is 0.659. The van der Waals surface area contributed by atoms with Crippen LogP contribution in [0.3, 0.4) is 0 Å². The zero-order valence-corrected chi connectivity index (χ0v) is 10.3. The third-order valence-corrected chi connectivity index (χ3v) is 1.99. The summed E-state index contributed by atoms with van der Waals surface area (Å²) in [7, 11) is 1.52. The molecule has 0 fully saturated rings. The van der Waals surface area contributed by atoms with Gasteiger partial charge in [0.2, 0.25) is 11.8 Å². The Morgan fingerprint density at radius 1 is 1.28 bits per heavy atom. The number of anilines is 1. The van der Waals surface area contributed by atoms with Gasteiger partial charge in [0.05, 0.1) is 19.0 Å². The van der Waals surface area contributed by atoms with Crippen molar-refractivity contribution in [2.75, 3.05) is 25.5 Å². The first-order chi connectivity index (χ1) is 8.61. The highest BCUT2D eigenvalue weighted by molar-refractivity contribution is 5.89. The van der Waals surface area contributed by atoms with Crippen molar-refractivity contribution in [1.29, 1.82) is 0 Å². The van der Waals surface area contributed by atoms with E-state index in [2.05, 4.69) is 20.9 Å². The van der Waals surface area contributed by atoms with E-state index >= 15 is 0 Å². The molecule has 0 aliphatic rings. The maximum absolute atomic E-state index is 11.4. The van der Waals surface area contributed by atoms with E-state index < -0.39 is 0 Å². The van der Waals surface area contributed by atoms with E-state index in [9.17, 15) is 9.59 Å². The highest BCUT2D eigenvalue weighted by Gasteiger charge is 2.01. The van der Waals surface area contributed by atoms with Crippen LogP contribution in [0.1, 0.15) is 6.92 Å². The fourth-order valence-electron chi connectivity index (χ4n) is 1.16. The topological polar surface area (TPSA) is 92.4 Å². The molecule has 7 heteroatoms. The van der Waals surface area contributed by atoms with Gasteiger partial charge >= 0.3 is 6.03 Å². The van der Waals surface area contributed by atoms with Crippen LogP contribution in [0, 0.1) is 0 Å². The number of ether oxygens (including phenoxy) is 1. The highest BCUT2D eigenvalue weighted by Crippen LogP contribution is 2.10. The molecule has 1 aromatic heterocycles. The predicted octanol–water partition coefficient (Wildman–Crippen LogP) is 0.348. The van der Waals surface area contributed by atoms with Crippen LogP contribution in [0.15, 0.2) is 18.3 Å². The second-order valence-electron chi connectivity index (χ2n) is 3.45. The first-order valence-corrected chi connectivity index (χ1v) is 5.41. The number of urea groups is 1. The molecule has 1 heterocycles. The molecule has 0 spiro atoms. The lowest BCUT2D eigenvalue weighted by molar-refractivity contribution is -0.118. The third kappa shape index (κ3) is 5.15. The summed E-state index contributed by atoms with van der Waals surface area (Å²) < 4.78 is 4.90. The largest absolute Gasteiger partial charge is 0.481 e. The Hall–Kier alpha value is -2.31. The van der Waals surface area contributed by atoms with Crippen LogP contribution in [0.4, 0.5) is 10.5 Å². The molecule has 1 rings (SSSR count). The molecule has 0 aliphatic carbocycles. The molecule has 18 heavy (non-hydrogen) atoms. The van der Waals surface area contributed by atoms with Crippen molar-refractivity contribution in [2.45, 2.75) is 6.92 Å². The van der Waals surface area contributed by atoms with Crippen molar-refractivity contribution in [3.8, 4) is 5.88 Å². The smallest absolute Gasteiger partial charge is 0.319 e. The van der Waals surface area contributed by atoms with Gasteiger partial charge in [0.15, 0.2) is 0 Å². The van der Waals surface area contributed by atoms with E-state index in [4.69, 9.17) is 4.74 Å². The Kier molecular flexibility index (Phi) is 5.43. The van der Waals surface area contributed by atoms with Gasteiger partial charge in [-0.15, -0.1) is 0 Å². The van der Waals surface area contributed by atoms with E-state index in [1.165, 1.54) is 20.2 Å². The van der Waals surface area contributed by atoms with E-state index in [1.807, 2.05) is 0 Å². The van der Waals surface area contributed by atoms with Gasteiger partial charge in [-0.05, 0) is 6.07 Å². The summed E-state index contributed by atoms with van der Waals surface area (Å²) >= 11 is 0. The van der Waals surface area contributed by atoms with Gasteiger partial charge in [0.1, 0.15) is 0 Å². The second-order valence-corrected chi connectivity index (χ2v) is 3.45. The number of nitrogens with one attached hydrogen (secondary N) is 3. The van der Waals surface area contributed by atoms with Crippen LogP contribution in [-0.4, -0.2) is 37.1 Å². The van der Waals surface area contributed by atoms with Gasteiger partial charge in [0, 0.05) is 26.1 Å². The number of rotatable bonds is 5. The Balaban J connectivity index is 2.28. The lowest BCUT2D eigenvalue weighted by Crippen LogP contribution is -2.36. The summed E-state index contributed by atoms with van der Waals surface area (Å²) in [5.74, 6) is 0.350. The van der Waals surface area contributed by atoms with Crippen LogP contribution in [0.5, 0.6) is 5.88 Å². The van der Waals surface area contributed by atoms with E-state index in [0.717, 1.165) is 0 Å². The summed E-state index contributed by atoms with van der Waals surface area (Å²) in [5.41, 5.74) is 0.563. The molecule has 0 aromatic carbocycles. The Morgan fingerprint density at radius 3 is 2.56 bits per heavy atom. The maximum Gasteiger partial charge on any atom is 0.319 e. The van der Waals surface area contributed by atoms with Crippen molar-refractivity contribution in [3.05, 3.63) is 18.3 Å². The fourth-order valence-corrected chi connectivity index (χ4v) is 1.16. The summed E-state index contributed by atoms with van der Waals surface area (Å²) in [6, 6.07) is 2.97. The molecular weight excluding hydrogens is 236 g/mol. The average molecular weight is 252 g/mol. The Bertz CT molecular complexity index is 405. The molecule has 0 aliphatic heterocycles. The monoisotopic (exact) mass is 252 g/mol. The standard InChI is InChI=1S/C11H16N4O3/c1-8(16)12-5-6-13-11(17)15-9-3-4-10(18-2)14-7-9/h3-4,7H,5-6H2,1-2H3,(H,12,16)(H2,13,15,17). The number of aromatic nitrogens is 1. The van der Waals surface area contributed by atoms with Crippen molar-refractivity contribution in [2.24, 2.45) is 0 Å². The van der Waals surface area contributed by atoms with E-state index in [1.54, 1.807) is 12.1 Å². The maximum atomic E-state index is 11.4. The third-order valence-electron chi connectivity index (χ3n) is 1.99. The molecule has 7 nitrogen and oxygen atoms in total. The molecule has 0 unspecified atom stereocenters. The summed E-state index contributed by atoms with van der Waals surface area (Å²) in [6.07, 6.45) is 1.49. The van der Waals surface area contributed by atoms with E-state index in [0.29, 0.717) is 24.7 Å². The summed E-state index contributed by atoms with van der Waals surface area (Å²) in [5, 5.41) is 7.76. The lowest BCUT2D eigenvalue weighted by Gasteiger charge is -2.07. The van der Waals surface area contributed by atoms with Gasteiger partial charge in [-0.2, -0.15) is 0 Å². The molecule has 3 N–H and O–H groups in total. The highest BCUT2D eigenvalue weighted by atomic mass is 16.5. The van der Waals surface area contributed by atoms with Crippen molar-refractivity contribution >= 4 is 17.6 Å². The van der Waals surface area contributed by atoms with E-state index in [-0.39, 0.29) is 11.9 Å². The number of carbonyl (C=O) groups is 2. The molecule has 98 valence electrons. The fraction of sp³-hybridized carbons (Fsp3) is 0.364. The predicted molar refractivity (Wildman–Crippen MR) is 66.5 cm³/mol. The number of hydrogen-bond acceptors (Lipinski definition) is 4. The SMILES string of the molecule is COc1ccc(NC(=O)NCCNC(C)=O)cn1. The number of pyridine rings is 1. The summed E-state index contributed by atoms with van der Waals surface area (Å²) in [4.78, 5) is 25.9. The van der Waals surface area contributed by atoms with Gasteiger partial charge in [-0.1, -0.05) is 0 Å². The zero-order valence-electron chi connectivity index (χ0n) is 10.3. The molecule has 0 saturated carbocycles. The normalized spacial score (nSPS) is 9.44. The van der Waals surface area contributed by atoms with Crippen LogP contribution < -0.4 is 20.7 Å². The molecular formula is C11H16N4O3. The van der Waals surface area contributed by atoms with Crippen LogP contribution >= 0.6 is 0 Å². The number of nitrogens with zero attached hydrogens (tertiary/aromatic N) is 1. The van der Waals surface area contributed by atoms with Gasteiger partial charge < -0.3 is 20.7 Å². The molecule has 0 atom stereocenters. The molecule has 0 bridgehead atoms. The number of carbonyl (C=O) groups excluding carboxylic acids is 2. The van der Waals surface area contributed by atoms with Gasteiger partial charge in [-0.25, -0.2) is 9.78 Å². The molecule has 0 saturated heterocycles. The van der Waals surface area contributed by atoms with Crippen LogP contribution in [0.2, 0.25) is 0 Å². The number of hydrogen-bond donors (Lipinski definition) is 3. The summed E-state index contributed by atoms with van der Waals surface area (Å²) in [6.45, 7) is 2.17. The zero-order chi connectivity index (χ0) is 13.4. The molecule has 3 amide bonds. The van der Waals surface area contributed by atoms with Crippen molar-refractivity contribution in [1.82, 2.24) is 15.6 Å². The minimum absolute atomic E-state index is 0.128. The minimum Gasteiger partial charge on any atom is -0.481 e. The molecule has 0 radical (unpaired) electrons. The lowest BCUT2D eigenvalue weighted by atomic mass is 10.4. The van der Waals surface area contributed by atoms with Crippen LogP contribution in [-0.2, 0) is 4.79 Å². The van der Waals surface area contributed by atoms with Crippen molar-refractivity contribution in [3.63, 3.8) is 0 Å².